The molecule has 0 N–H and O–H groups in total. The van der Waals surface area contributed by atoms with Gasteiger partial charge >= 0.3 is 0 Å². The zero-order valence-corrected chi connectivity index (χ0v) is 12.4. The Balaban J connectivity index is 0. The van der Waals surface area contributed by atoms with Gasteiger partial charge in [0.2, 0.25) is 5.92 Å². The molecular formula is C14H30F2O. The van der Waals surface area contributed by atoms with E-state index in [1.807, 2.05) is 13.8 Å². The molecule has 0 saturated heterocycles. The first-order chi connectivity index (χ1) is 7.77. The molecule has 0 amide bonds. The van der Waals surface area contributed by atoms with Gasteiger partial charge in [-0.2, -0.15) is 0 Å². The third kappa shape index (κ3) is 15.8. The minimum absolute atomic E-state index is 0.0116. The van der Waals surface area contributed by atoms with Gasteiger partial charge in [-0.1, -0.05) is 40.5 Å². The van der Waals surface area contributed by atoms with Gasteiger partial charge in [-0.05, 0) is 25.2 Å². The highest BCUT2D eigenvalue weighted by molar-refractivity contribution is 4.68. The highest BCUT2D eigenvalue weighted by atomic mass is 19.3. The fourth-order valence-electron chi connectivity index (χ4n) is 1.68. The molecule has 1 nitrogen and oxygen atoms in total. The zero-order valence-electron chi connectivity index (χ0n) is 12.4. The maximum absolute atomic E-state index is 12.5. The van der Waals surface area contributed by atoms with Gasteiger partial charge in [-0.3, -0.25) is 0 Å². The van der Waals surface area contributed by atoms with E-state index in [-0.39, 0.29) is 11.8 Å². The number of ether oxygens (including phenoxy) is 1. The van der Waals surface area contributed by atoms with Crippen molar-refractivity contribution in [1.29, 1.82) is 0 Å². The summed E-state index contributed by atoms with van der Waals surface area (Å²) in [6.07, 6.45) is 3.56. The average Bonchev–Trinajstić information content (AvgIpc) is 2.18. The van der Waals surface area contributed by atoms with Gasteiger partial charge in [0.05, 0.1) is 6.61 Å². The highest BCUT2D eigenvalue weighted by Gasteiger charge is 2.20. The van der Waals surface area contributed by atoms with E-state index in [0.29, 0.717) is 6.42 Å². The molecule has 0 aliphatic heterocycles. The van der Waals surface area contributed by atoms with Crippen molar-refractivity contribution in [2.45, 2.75) is 72.6 Å². The van der Waals surface area contributed by atoms with E-state index in [4.69, 9.17) is 4.74 Å². The van der Waals surface area contributed by atoms with Crippen LogP contribution >= 0.6 is 0 Å². The lowest BCUT2D eigenvalue weighted by Crippen LogP contribution is -2.18. The molecule has 0 fully saturated rings. The summed E-state index contributed by atoms with van der Waals surface area (Å²) in [7, 11) is 1.69. The Morgan fingerprint density at radius 3 is 1.76 bits per heavy atom. The Labute approximate surface area is 106 Å². The first-order valence-corrected chi connectivity index (χ1v) is 6.64. The number of alkyl halides is 2. The fourth-order valence-corrected chi connectivity index (χ4v) is 1.68. The average molecular weight is 252 g/mol. The third-order valence-corrected chi connectivity index (χ3v) is 2.50. The van der Waals surface area contributed by atoms with Crippen molar-refractivity contribution in [2.75, 3.05) is 13.7 Å². The van der Waals surface area contributed by atoms with Gasteiger partial charge in [-0.15, -0.1) is 0 Å². The third-order valence-electron chi connectivity index (χ3n) is 2.50. The monoisotopic (exact) mass is 252 g/mol. The van der Waals surface area contributed by atoms with E-state index >= 15 is 0 Å². The van der Waals surface area contributed by atoms with Crippen molar-refractivity contribution in [1.82, 2.24) is 0 Å². The molecule has 0 aromatic carbocycles. The molecule has 0 saturated carbocycles. The second kappa shape index (κ2) is 9.81. The molecule has 0 rings (SSSR count). The summed E-state index contributed by atoms with van der Waals surface area (Å²) in [4.78, 5) is 0. The molecule has 0 unspecified atom stereocenters. The molecule has 0 aromatic heterocycles. The molecule has 17 heavy (non-hydrogen) atoms. The quantitative estimate of drug-likeness (QED) is 0.533. The number of unbranched alkanes of at least 4 members (excludes halogenated alkanes) is 2. The van der Waals surface area contributed by atoms with Crippen molar-refractivity contribution < 1.29 is 13.5 Å². The number of rotatable bonds is 8. The van der Waals surface area contributed by atoms with Gasteiger partial charge in [0.25, 0.3) is 0 Å². The number of methoxy groups -OCH3 is 1. The SMILES string of the molecule is CC.COCC(C)(C)CCCCCC(C)(F)F. The minimum Gasteiger partial charge on any atom is -0.384 e. The second-order valence-electron chi connectivity index (χ2n) is 5.23. The maximum Gasteiger partial charge on any atom is 0.245 e. The molecule has 0 radical (unpaired) electrons. The molecule has 0 aromatic rings. The predicted molar refractivity (Wildman–Crippen MR) is 70.7 cm³/mol. The van der Waals surface area contributed by atoms with Crippen molar-refractivity contribution in [2.24, 2.45) is 5.41 Å². The molecule has 0 heterocycles. The van der Waals surface area contributed by atoms with Gasteiger partial charge in [-0.25, -0.2) is 8.78 Å². The summed E-state index contributed by atoms with van der Waals surface area (Å²) >= 11 is 0. The summed E-state index contributed by atoms with van der Waals surface area (Å²) in [6, 6.07) is 0. The van der Waals surface area contributed by atoms with Gasteiger partial charge in [0, 0.05) is 13.5 Å². The van der Waals surface area contributed by atoms with Gasteiger partial charge in [0.15, 0.2) is 0 Å². The van der Waals surface area contributed by atoms with E-state index in [9.17, 15) is 8.78 Å². The van der Waals surface area contributed by atoms with Gasteiger partial charge < -0.3 is 4.74 Å². The Hall–Kier alpha value is -0.180. The van der Waals surface area contributed by atoms with Crippen LogP contribution in [0.15, 0.2) is 0 Å². The zero-order chi connectivity index (χ0) is 13.9. The van der Waals surface area contributed by atoms with Crippen LogP contribution in [0.25, 0.3) is 0 Å². The van der Waals surface area contributed by atoms with E-state index in [1.165, 1.54) is 0 Å². The summed E-state index contributed by atoms with van der Waals surface area (Å²) in [6.45, 7) is 10.0. The first-order valence-electron chi connectivity index (χ1n) is 6.64. The second-order valence-corrected chi connectivity index (χ2v) is 5.23. The van der Waals surface area contributed by atoms with E-state index < -0.39 is 5.92 Å². The van der Waals surface area contributed by atoms with Crippen LogP contribution in [-0.2, 0) is 4.74 Å². The van der Waals surface area contributed by atoms with Crippen LogP contribution in [0.5, 0.6) is 0 Å². The maximum atomic E-state index is 12.5. The number of hydrogen-bond acceptors (Lipinski definition) is 1. The number of halogens is 2. The van der Waals surface area contributed by atoms with Crippen LogP contribution < -0.4 is 0 Å². The van der Waals surface area contributed by atoms with Crippen LogP contribution in [0.4, 0.5) is 8.78 Å². The molecule has 0 spiro atoms. The van der Waals surface area contributed by atoms with Crippen LogP contribution in [0.3, 0.4) is 0 Å². The Morgan fingerprint density at radius 2 is 1.35 bits per heavy atom. The van der Waals surface area contributed by atoms with E-state index in [2.05, 4.69) is 13.8 Å². The Morgan fingerprint density at radius 1 is 0.882 bits per heavy atom. The normalized spacial score (nSPS) is 12.0. The number of hydrogen-bond donors (Lipinski definition) is 0. The smallest absolute Gasteiger partial charge is 0.245 e. The lowest BCUT2D eigenvalue weighted by molar-refractivity contribution is 0.01000. The molecule has 0 atom stereocenters. The lowest BCUT2D eigenvalue weighted by Gasteiger charge is -2.23. The minimum atomic E-state index is -2.50. The fraction of sp³-hybridized carbons (Fsp3) is 1.00. The molecule has 0 bridgehead atoms. The van der Waals surface area contributed by atoms with Crippen LogP contribution in [-0.4, -0.2) is 19.6 Å². The highest BCUT2D eigenvalue weighted by Crippen LogP contribution is 2.25. The van der Waals surface area contributed by atoms with Crippen LogP contribution in [0.2, 0.25) is 0 Å². The summed E-state index contributed by atoms with van der Waals surface area (Å²) < 4.78 is 30.1. The molecule has 0 aliphatic rings. The van der Waals surface area contributed by atoms with Crippen molar-refractivity contribution in [3.63, 3.8) is 0 Å². The van der Waals surface area contributed by atoms with Crippen molar-refractivity contribution in [3.05, 3.63) is 0 Å². The molecule has 0 aliphatic carbocycles. The predicted octanol–water partition coefficient (Wildman–Crippen LogP) is 5.29. The molecular weight excluding hydrogens is 222 g/mol. The Kier molecular flexibility index (Phi) is 11.1. The van der Waals surface area contributed by atoms with Crippen LogP contribution in [0.1, 0.15) is 66.7 Å². The summed E-state index contributed by atoms with van der Waals surface area (Å²) in [5.74, 6) is -2.50. The topological polar surface area (TPSA) is 9.23 Å². The van der Waals surface area contributed by atoms with E-state index in [0.717, 1.165) is 32.8 Å². The van der Waals surface area contributed by atoms with Crippen LogP contribution in [0, 0.1) is 5.41 Å². The van der Waals surface area contributed by atoms with E-state index in [1.54, 1.807) is 7.11 Å². The molecule has 3 heteroatoms. The summed E-state index contributed by atoms with van der Waals surface area (Å²) in [5.41, 5.74) is 0.170. The standard InChI is InChI=1S/C12H24F2O.C2H6/c1-11(2,10-15-4)8-6-5-7-9-12(3,13)14;1-2/h5-10H2,1-4H3;1-2H3. The molecule has 106 valence electrons. The summed E-state index contributed by atoms with van der Waals surface area (Å²) in [5, 5.41) is 0. The largest absolute Gasteiger partial charge is 0.384 e. The lowest BCUT2D eigenvalue weighted by atomic mass is 9.88. The Bertz CT molecular complexity index is 162. The van der Waals surface area contributed by atoms with Crippen molar-refractivity contribution in [3.8, 4) is 0 Å². The first kappa shape index (κ1) is 19.2. The van der Waals surface area contributed by atoms with Gasteiger partial charge in [0.1, 0.15) is 0 Å². The van der Waals surface area contributed by atoms with Crippen molar-refractivity contribution >= 4 is 0 Å².